The molecule has 1 fully saturated rings. The molecular formula is C12H16N4O3S. The van der Waals surface area contributed by atoms with E-state index in [1.54, 1.807) is 12.1 Å². The Bertz CT molecular complexity index is 604. The van der Waals surface area contributed by atoms with Gasteiger partial charge < -0.3 is 0 Å². The lowest BCUT2D eigenvalue weighted by molar-refractivity contribution is -0.117. The third-order valence-electron chi connectivity index (χ3n) is 2.79. The van der Waals surface area contributed by atoms with Gasteiger partial charge in [0.1, 0.15) is 0 Å². The van der Waals surface area contributed by atoms with Gasteiger partial charge in [-0.1, -0.05) is 5.22 Å². The molecule has 1 saturated heterocycles. The summed E-state index contributed by atoms with van der Waals surface area (Å²) in [5, 5.41) is 9.99. The summed E-state index contributed by atoms with van der Waals surface area (Å²) in [4.78, 5) is 10.8. The highest BCUT2D eigenvalue weighted by molar-refractivity contribution is 7.90. The standard InChI is InChI=1S/C12H16N4O3S/c1-10(17)14-20(18,19)12-6-4-11(5-7-12)13-15-16-8-2-3-9-16/h4-7H,2-3,8-9H2,1H3,(H,14,17). The SMILES string of the molecule is CC(=O)NS(=O)(=O)c1ccc(N=NN2CCCC2)cc1. The van der Waals surface area contributed by atoms with Crippen molar-refractivity contribution in [2.24, 2.45) is 10.3 Å². The number of hydrogen-bond donors (Lipinski definition) is 1. The number of rotatable bonds is 4. The van der Waals surface area contributed by atoms with Crippen molar-refractivity contribution in [1.29, 1.82) is 0 Å². The van der Waals surface area contributed by atoms with E-state index >= 15 is 0 Å². The second-order valence-electron chi connectivity index (χ2n) is 4.51. The molecular weight excluding hydrogens is 280 g/mol. The number of amides is 1. The fourth-order valence-electron chi connectivity index (χ4n) is 1.84. The van der Waals surface area contributed by atoms with Crippen molar-refractivity contribution in [1.82, 2.24) is 9.73 Å². The molecule has 0 spiro atoms. The molecule has 2 rings (SSSR count). The van der Waals surface area contributed by atoms with E-state index < -0.39 is 15.9 Å². The Hall–Kier alpha value is -1.96. The fourth-order valence-corrected chi connectivity index (χ4v) is 2.84. The first-order valence-corrected chi connectivity index (χ1v) is 7.76. The smallest absolute Gasteiger partial charge is 0.264 e. The lowest BCUT2D eigenvalue weighted by atomic mass is 10.3. The van der Waals surface area contributed by atoms with E-state index in [9.17, 15) is 13.2 Å². The van der Waals surface area contributed by atoms with E-state index in [-0.39, 0.29) is 4.90 Å². The van der Waals surface area contributed by atoms with Crippen LogP contribution in [0.2, 0.25) is 0 Å². The van der Waals surface area contributed by atoms with Gasteiger partial charge in [0.2, 0.25) is 5.91 Å². The van der Waals surface area contributed by atoms with Crippen molar-refractivity contribution >= 4 is 21.6 Å². The van der Waals surface area contributed by atoms with Gasteiger partial charge in [-0.3, -0.25) is 9.80 Å². The molecule has 0 aliphatic carbocycles. The first-order valence-electron chi connectivity index (χ1n) is 6.27. The normalized spacial score (nSPS) is 15.8. The third kappa shape index (κ3) is 3.77. The molecule has 0 bridgehead atoms. The zero-order chi connectivity index (χ0) is 14.6. The molecule has 1 heterocycles. The molecule has 1 aliphatic rings. The molecule has 0 atom stereocenters. The summed E-state index contributed by atoms with van der Waals surface area (Å²) < 4.78 is 25.4. The third-order valence-corrected chi connectivity index (χ3v) is 4.24. The molecule has 0 unspecified atom stereocenters. The average molecular weight is 296 g/mol. The highest BCUT2D eigenvalue weighted by Crippen LogP contribution is 2.18. The molecule has 1 amide bonds. The van der Waals surface area contributed by atoms with Gasteiger partial charge in [-0.05, 0) is 37.1 Å². The van der Waals surface area contributed by atoms with E-state index in [4.69, 9.17) is 0 Å². The second-order valence-corrected chi connectivity index (χ2v) is 6.19. The first-order chi connectivity index (χ1) is 9.47. The van der Waals surface area contributed by atoms with Crippen LogP contribution in [0.25, 0.3) is 0 Å². The maximum atomic E-state index is 11.7. The van der Waals surface area contributed by atoms with Gasteiger partial charge in [0.15, 0.2) is 0 Å². The molecule has 1 aromatic rings. The number of sulfonamides is 1. The van der Waals surface area contributed by atoms with E-state index in [1.165, 1.54) is 12.1 Å². The zero-order valence-electron chi connectivity index (χ0n) is 11.1. The number of nitrogens with one attached hydrogen (secondary N) is 1. The maximum Gasteiger partial charge on any atom is 0.264 e. The molecule has 7 nitrogen and oxygen atoms in total. The predicted octanol–water partition coefficient (Wildman–Crippen LogP) is 1.61. The summed E-state index contributed by atoms with van der Waals surface area (Å²) in [6.07, 6.45) is 2.24. The van der Waals surface area contributed by atoms with Crippen LogP contribution in [0, 0.1) is 0 Å². The van der Waals surface area contributed by atoms with Crippen LogP contribution in [0.5, 0.6) is 0 Å². The van der Waals surface area contributed by atoms with E-state index in [1.807, 2.05) is 9.73 Å². The Kier molecular flexibility index (Phi) is 4.33. The Balaban J connectivity index is 2.08. The van der Waals surface area contributed by atoms with Gasteiger partial charge in [-0.15, -0.1) is 5.11 Å². The highest BCUT2D eigenvalue weighted by atomic mass is 32.2. The van der Waals surface area contributed by atoms with Crippen LogP contribution in [0.1, 0.15) is 19.8 Å². The highest BCUT2D eigenvalue weighted by Gasteiger charge is 2.15. The van der Waals surface area contributed by atoms with Gasteiger partial charge in [0, 0.05) is 20.0 Å². The molecule has 108 valence electrons. The summed E-state index contributed by atoms with van der Waals surface area (Å²) >= 11 is 0. The average Bonchev–Trinajstić information content (AvgIpc) is 2.88. The summed E-state index contributed by atoms with van der Waals surface area (Å²) in [6, 6.07) is 5.88. The predicted molar refractivity (Wildman–Crippen MR) is 72.8 cm³/mol. The van der Waals surface area contributed by atoms with Gasteiger partial charge in [-0.25, -0.2) is 13.1 Å². The first kappa shape index (κ1) is 14.4. The largest absolute Gasteiger partial charge is 0.278 e. The van der Waals surface area contributed by atoms with Crippen molar-refractivity contribution in [2.75, 3.05) is 13.1 Å². The number of carbonyl (C=O) groups excluding carboxylic acids is 1. The number of nitrogens with zero attached hydrogens (tertiary/aromatic N) is 3. The molecule has 0 aromatic heterocycles. The minimum Gasteiger partial charge on any atom is -0.278 e. The van der Waals surface area contributed by atoms with Crippen LogP contribution in [-0.4, -0.2) is 32.4 Å². The van der Waals surface area contributed by atoms with Crippen molar-refractivity contribution in [3.8, 4) is 0 Å². The Morgan fingerprint density at radius 2 is 1.80 bits per heavy atom. The molecule has 0 saturated carbocycles. The quantitative estimate of drug-likeness (QED) is 0.854. The minimum absolute atomic E-state index is 0.0211. The van der Waals surface area contributed by atoms with Gasteiger partial charge in [0.05, 0.1) is 10.6 Å². The second kappa shape index (κ2) is 6.00. The van der Waals surface area contributed by atoms with Crippen LogP contribution in [0.4, 0.5) is 5.69 Å². The minimum atomic E-state index is -3.79. The summed E-state index contributed by atoms with van der Waals surface area (Å²) in [6.45, 7) is 2.95. The van der Waals surface area contributed by atoms with E-state index in [0.717, 1.165) is 32.9 Å². The van der Waals surface area contributed by atoms with Crippen LogP contribution in [0.3, 0.4) is 0 Å². The Morgan fingerprint density at radius 1 is 1.20 bits per heavy atom. The van der Waals surface area contributed by atoms with Crippen molar-refractivity contribution in [3.63, 3.8) is 0 Å². The number of carbonyl (C=O) groups is 1. The molecule has 1 aromatic carbocycles. The lowest BCUT2D eigenvalue weighted by Gasteiger charge is -2.07. The van der Waals surface area contributed by atoms with Crippen LogP contribution in [0.15, 0.2) is 39.5 Å². The summed E-state index contributed by atoms with van der Waals surface area (Å²) in [5.41, 5.74) is 0.568. The summed E-state index contributed by atoms with van der Waals surface area (Å²) in [7, 11) is -3.79. The number of hydrogen-bond acceptors (Lipinski definition) is 5. The van der Waals surface area contributed by atoms with Gasteiger partial charge in [-0.2, -0.15) is 0 Å². The Labute approximate surface area is 117 Å². The van der Waals surface area contributed by atoms with Crippen LogP contribution in [-0.2, 0) is 14.8 Å². The maximum absolute atomic E-state index is 11.7. The topological polar surface area (TPSA) is 91.2 Å². The lowest BCUT2D eigenvalue weighted by Crippen LogP contribution is -2.28. The van der Waals surface area contributed by atoms with E-state index in [2.05, 4.69) is 10.3 Å². The Morgan fingerprint density at radius 3 is 2.35 bits per heavy atom. The molecule has 8 heteroatoms. The van der Waals surface area contributed by atoms with Crippen molar-refractivity contribution in [3.05, 3.63) is 24.3 Å². The zero-order valence-corrected chi connectivity index (χ0v) is 11.9. The molecule has 1 aliphatic heterocycles. The van der Waals surface area contributed by atoms with Crippen LogP contribution >= 0.6 is 0 Å². The molecule has 20 heavy (non-hydrogen) atoms. The monoisotopic (exact) mass is 296 g/mol. The fraction of sp³-hybridized carbons (Fsp3) is 0.417. The van der Waals surface area contributed by atoms with Gasteiger partial charge in [0.25, 0.3) is 10.0 Å². The van der Waals surface area contributed by atoms with Crippen molar-refractivity contribution in [2.45, 2.75) is 24.7 Å². The van der Waals surface area contributed by atoms with Crippen LogP contribution < -0.4 is 4.72 Å². The summed E-state index contributed by atoms with van der Waals surface area (Å²) in [5.74, 6) is -0.622. The van der Waals surface area contributed by atoms with E-state index in [0.29, 0.717) is 5.69 Å². The molecule has 0 radical (unpaired) electrons. The van der Waals surface area contributed by atoms with Gasteiger partial charge >= 0.3 is 0 Å². The number of benzene rings is 1. The van der Waals surface area contributed by atoms with Crippen molar-refractivity contribution < 1.29 is 13.2 Å². The molecule has 1 N–H and O–H groups in total.